The van der Waals surface area contributed by atoms with Gasteiger partial charge in [-0.15, -0.1) is 0 Å². The topological polar surface area (TPSA) is 32.3 Å². The van der Waals surface area contributed by atoms with E-state index >= 15 is 0 Å². The second-order valence-corrected chi connectivity index (χ2v) is 8.70. The third kappa shape index (κ3) is 2.97. The van der Waals surface area contributed by atoms with E-state index < -0.39 is 0 Å². The molecule has 5 heteroatoms. The number of fused-ring (bicyclic) bond motifs is 4. The molecule has 4 nitrogen and oxygen atoms in total. The maximum Gasteiger partial charge on any atom is 0.178 e. The van der Waals surface area contributed by atoms with E-state index in [-0.39, 0.29) is 6.17 Å². The zero-order chi connectivity index (χ0) is 20.8. The molecule has 2 aromatic carbocycles. The van der Waals surface area contributed by atoms with E-state index in [1.165, 1.54) is 11.1 Å². The summed E-state index contributed by atoms with van der Waals surface area (Å²) < 4.78 is 0. The third-order valence-electron chi connectivity index (χ3n) is 6.56. The predicted octanol–water partition coefficient (Wildman–Crippen LogP) is 6.72. The lowest BCUT2D eigenvalue weighted by atomic mass is 9.85. The number of allylic oxidation sites excluding steroid dienone is 2. The van der Waals surface area contributed by atoms with Gasteiger partial charge in [0.2, 0.25) is 0 Å². The highest BCUT2D eigenvalue weighted by atomic mass is 35.5. The second kappa shape index (κ2) is 7.54. The lowest BCUT2D eigenvalue weighted by Gasteiger charge is -2.38. The molecule has 1 unspecified atom stereocenters. The fraction of sp³-hybridized carbons (Fsp3) is 0.231. The largest absolute Gasteiger partial charge is 0.298 e. The smallest absolute Gasteiger partial charge is 0.178 e. The van der Waals surface area contributed by atoms with Crippen molar-refractivity contribution >= 4 is 34.6 Å². The van der Waals surface area contributed by atoms with Crippen molar-refractivity contribution in [3.8, 4) is 0 Å². The summed E-state index contributed by atoms with van der Waals surface area (Å²) in [5.74, 6) is 2.15. The Labute approximate surface area is 187 Å². The van der Waals surface area contributed by atoms with Crippen molar-refractivity contribution in [1.29, 1.82) is 0 Å². The van der Waals surface area contributed by atoms with Gasteiger partial charge in [0.1, 0.15) is 6.17 Å². The molecule has 2 heterocycles. The Morgan fingerprint density at radius 2 is 1.35 bits per heavy atom. The Morgan fingerprint density at radius 3 is 1.94 bits per heavy atom. The highest BCUT2D eigenvalue weighted by molar-refractivity contribution is 6.30. The number of halogens is 1. The highest BCUT2D eigenvalue weighted by Gasteiger charge is 2.45. The number of anilines is 4. The summed E-state index contributed by atoms with van der Waals surface area (Å²) in [6.45, 7) is 0. The van der Waals surface area contributed by atoms with Crippen LogP contribution < -0.4 is 9.80 Å². The second-order valence-electron chi connectivity index (χ2n) is 8.29. The van der Waals surface area contributed by atoms with Gasteiger partial charge in [-0.3, -0.25) is 9.80 Å². The van der Waals surface area contributed by atoms with E-state index in [1.807, 2.05) is 12.1 Å². The first-order valence-electron chi connectivity index (χ1n) is 10.9. The molecule has 0 radical (unpaired) electrons. The van der Waals surface area contributed by atoms with Crippen LogP contribution in [0, 0.1) is 5.92 Å². The molecule has 7 rings (SSSR count). The van der Waals surface area contributed by atoms with Gasteiger partial charge in [-0.1, -0.05) is 54.1 Å². The van der Waals surface area contributed by atoms with Crippen LogP contribution in [0.15, 0.2) is 95.3 Å². The van der Waals surface area contributed by atoms with Gasteiger partial charge in [0.25, 0.3) is 0 Å². The van der Waals surface area contributed by atoms with Gasteiger partial charge >= 0.3 is 0 Å². The zero-order valence-electron chi connectivity index (χ0n) is 17.2. The fourth-order valence-corrected chi connectivity index (χ4v) is 5.61. The summed E-state index contributed by atoms with van der Waals surface area (Å²) in [6, 6.07) is 20.9. The molecule has 1 aliphatic heterocycles. The fourth-order valence-electron chi connectivity index (χ4n) is 5.17. The number of aromatic nitrogens is 2. The number of hydrogen-bond acceptors (Lipinski definition) is 4. The Kier molecular flexibility index (Phi) is 4.53. The van der Waals surface area contributed by atoms with Gasteiger partial charge in [0, 0.05) is 34.4 Å². The molecule has 0 saturated carbocycles. The van der Waals surface area contributed by atoms with Gasteiger partial charge in [-0.2, -0.15) is 0 Å². The number of hydrogen-bond donors (Lipinski definition) is 0. The van der Waals surface area contributed by atoms with Crippen LogP contribution in [0.4, 0.5) is 23.0 Å². The summed E-state index contributed by atoms with van der Waals surface area (Å²) in [6.07, 6.45) is 10.3. The first-order chi connectivity index (χ1) is 15.3. The van der Waals surface area contributed by atoms with Crippen LogP contribution >= 0.6 is 11.6 Å². The minimum absolute atomic E-state index is 0.123. The summed E-state index contributed by atoms with van der Waals surface area (Å²) in [7, 11) is 0. The van der Waals surface area contributed by atoms with E-state index in [1.54, 1.807) is 12.4 Å². The van der Waals surface area contributed by atoms with Gasteiger partial charge in [0.15, 0.2) is 11.6 Å². The molecule has 3 aromatic rings. The number of rotatable bonds is 3. The Bertz CT molecular complexity index is 1100. The molecule has 0 N–H and O–H groups in total. The quantitative estimate of drug-likeness (QED) is 0.465. The molecule has 0 fully saturated rings. The summed E-state index contributed by atoms with van der Waals surface area (Å²) in [5, 5.41) is 1.01. The van der Waals surface area contributed by atoms with E-state index in [2.05, 4.69) is 64.4 Å². The van der Waals surface area contributed by atoms with Crippen molar-refractivity contribution in [2.24, 2.45) is 5.92 Å². The molecule has 2 bridgehead atoms. The van der Waals surface area contributed by atoms with Crippen molar-refractivity contribution in [3.63, 3.8) is 0 Å². The van der Waals surface area contributed by atoms with Crippen LogP contribution in [0.1, 0.15) is 25.7 Å². The lowest BCUT2D eigenvalue weighted by molar-refractivity contribution is 0.532. The number of nitrogens with zero attached hydrogens (tertiary/aromatic N) is 4. The Morgan fingerprint density at radius 1 is 0.774 bits per heavy atom. The lowest BCUT2D eigenvalue weighted by Crippen LogP contribution is -2.42. The number of para-hydroxylation sites is 2. The van der Waals surface area contributed by atoms with Crippen molar-refractivity contribution in [2.75, 3.05) is 9.80 Å². The van der Waals surface area contributed by atoms with Gasteiger partial charge in [0.05, 0.1) is 0 Å². The van der Waals surface area contributed by atoms with Gasteiger partial charge in [-0.25, -0.2) is 9.97 Å². The summed E-state index contributed by atoms with van der Waals surface area (Å²) >= 11 is 7.16. The van der Waals surface area contributed by atoms with E-state index in [9.17, 15) is 0 Å². The van der Waals surface area contributed by atoms with Crippen molar-refractivity contribution in [3.05, 3.63) is 95.3 Å². The maximum atomic E-state index is 7.16. The average Bonchev–Trinajstić information content (AvgIpc) is 2.93. The molecule has 1 atom stereocenters. The van der Waals surface area contributed by atoms with Crippen molar-refractivity contribution in [1.82, 2.24) is 9.97 Å². The highest BCUT2D eigenvalue weighted by Crippen LogP contribution is 2.52. The minimum Gasteiger partial charge on any atom is -0.298 e. The molecule has 31 heavy (non-hydrogen) atoms. The van der Waals surface area contributed by atoms with Crippen LogP contribution in [-0.2, 0) is 0 Å². The van der Waals surface area contributed by atoms with E-state index in [0.29, 0.717) is 5.92 Å². The van der Waals surface area contributed by atoms with Gasteiger partial charge in [-0.05, 0) is 61.4 Å². The predicted molar refractivity (Wildman–Crippen MR) is 126 cm³/mol. The van der Waals surface area contributed by atoms with Crippen LogP contribution in [-0.4, -0.2) is 16.1 Å². The molecule has 1 aromatic heterocycles. The van der Waals surface area contributed by atoms with Crippen molar-refractivity contribution < 1.29 is 0 Å². The Balaban J connectivity index is 1.63. The van der Waals surface area contributed by atoms with Crippen LogP contribution in [0.2, 0.25) is 0 Å². The minimum atomic E-state index is -0.123. The third-order valence-corrected chi connectivity index (χ3v) is 7.07. The molecule has 4 aliphatic rings. The maximum absolute atomic E-state index is 7.16. The molecular weight excluding hydrogens is 404 g/mol. The molecule has 3 aliphatic carbocycles. The van der Waals surface area contributed by atoms with E-state index in [4.69, 9.17) is 21.6 Å². The molecule has 0 saturated heterocycles. The zero-order valence-corrected chi connectivity index (χ0v) is 17.9. The molecule has 0 amide bonds. The number of benzene rings is 2. The first kappa shape index (κ1) is 18.6. The average molecular weight is 427 g/mol. The molecule has 0 spiro atoms. The van der Waals surface area contributed by atoms with Crippen LogP contribution in [0.25, 0.3) is 0 Å². The van der Waals surface area contributed by atoms with E-state index in [0.717, 1.165) is 53.7 Å². The standard InChI is InChI=1S/C26H23ClN4/c27-23-19-9-7-8-18(14-15-19)22(23)26-30(20-10-3-1-4-11-20)24-25(29-17-16-28-24)31(26)21-12-5-2-6-13-21/h1-6,8,10-13,16-17,19,26H,7,9,14-15H2. The monoisotopic (exact) mass is 426 g/mol. The van der Waals surface area contributed by atoms with Gasteiger partial charge < -0.3 is 0 Å². The molecule has 154 valence electrons. The Hall–Kier alpha value is -3.11. The van der Waals surface area contributed by atoms with Crippen LogP contribution in [0.5, 0.6) is 0 Å². The first-order valence-corrected chi connectivity index (χ1v) is 11.3. The summed E-state index contributed by atoms with van der Waals surface area (Å²) in [5.41, 5.74) is 4.78. The van der Waals surface area contributed by atoms with Crippen molar-refractivity contribution in [2.45, 2.75) is 31.8 Å². The SMILES string of the molecule is ClC1=C(C2N(c3ccccc3)c3nccnc3N2c2ccccc2)C2=CCCC1CC2. The van der Waals surface area contributed by atoms with Crippen LogP contribution in [0.3, 0.4) is 0 Å². The summed E-state index contributed by atoms with van der Waals surface area (Å²) in [4.78, 5) is 14.2. The molecular formula is C26H23ClN4. The normalized spacial score (nSPS) is 20.7.